The highest BCUT2D eigenvalue weighted by Gasteiger charge is 2.49. The Labute approximate surface area is 147 Å². The molecule has 138 valence electrons. The average Bonchev–Trinajstić information content (AvgIpc) is 3.12. The molecule has 2 heterocycles. The van der Waals surface area contributed by atoms with Crippen LogP contribution in [0.4, 0.5) is 0 Å². The van der Waals surface area contributed by atoms with Gasteiger partial charge in [0.15, 0.2) is 0 Å². The number of imidazole rings is 1. The molecule has 1 aliphatic heterocycles. The minimum absolute atomic E-state index is 0.0242. The second-order valence-electron chi connectivity index (χ2n) is 7.30. The molecule has 1 fully saturated rings. The van der Waals surface area contributed by atoms with E-state index in [9.17, 15) is 14.4 Å². The van der Waals surface area contributed by atoms with Crippen LogP contribution in [0.1, 0.15) is 45.2 Å². The number of nitrogens with one attached hydrogen (secondary N) is 1. The summed E-state index contributed by atoms with van der Waals surface area (Å²) in [7, 11) is 0. The summed E-state index contributed by atoms with van der Waals surface area (Å²) in [6.07, 6.45) is 5.30. The Bertz CT molecular complexity index is 628. The smallest absolute Gasteiger partial charge is 0.240 e. The molecule has 0 saturated carbocycles. The molecule has 2 atom stereocenters. The predicted octanol–water partition coefficient (Wildman–Crippen LogP) is 0.336. The van der Waals surface area contributed by atoms with Crippen LogP contribution < -0.4 is 11.5 Å². The maximum atomic E-state index is 13.1. The van der Waals surface area contributed by atoms with Crippen molar-refractivity contribution in [2.45, 2.75) is 52.0 Å². The van der Waals surface area contributed by atoms with Crippen LogP contribution in [0, 0.1) is 11.3 Å². The van der Waals surface area contributed by atoms with E-state index in [0.717, 1.165) is 5.69 Å². The summed E-state index contributed by atoms with van der Waals surface area (Å²) in [5.41, 5.74) is 11.0. The predicted molar refractivity (Wildman–Crippen MR) is 91.9 cm³/mol. The maximum Gasteiger partial charge on any atom is 0.240 e. The van der Waals surface area contributed by atoms with E-state index in [-0.39, 0.29) is 18.2 Å². The second kappa shape index (κ2) is 7.67. The van der Waals surface area contributed by atoms with E-state index < -0.39 is 23.3 Å². The lowest BCUT2D eigenvalue weighted by Crippen LogP contribution is -2.49. The first-order valence-corrected chi connectivity index (χ1v) is 8.61. The van der Waals surface area contributed by atoms with Gasteiger partial charge in [-0.1, -0.05) is 13.8 Å². The van der Waals surface area contributed by atoms with Gasteiger partial charge in [0.05, 0.1) is 11.7 Å². The number of aromatic nitrogens is 2. The molecule has 1 aliphatic rings. The lowest BCUT2D eigenvalue weighted by Gasteiger charge is -2.30. The fourth-order valence-electron chi connectivity index (χ4n) is 3.60. The van der Waals surface area contributed by atoms with E-state index in [2.05, 4.69) is 9.97 Å². The Morgan fingerprint density at radius 3 is 2.64 bits per heavy atom. The number of hydrogen-bond acceptors (Lipinski definition) is 4. The molecule has 0 bridgehead atoms. The zero-order valence-corrected chi connectivity index (χ0v) is 14.8. The number of H-pyrrole nitrogens is 1. The number of carbonyl (C=O) groups excluding carboxylic acids is 3. The van der Waals surface area contributed by atoms with Gasteiger partial charge < -0.3 is 21.4 Å². The third-order valence-electron chi connectivity index (χ3n) is 4.89. The summed E-state index contributed by atoms with van der Waals surface area (Å²) in [4.78, 5) is 45.1. The topological polar surface area (TPSA) is 135 Å². The molecule has 1 saturated heterocycles. The van der Waals surface area contributed by atoms with Crippen LogP contribution in [0.2, 0.25) is 0 Å². The van der Waals surface area contributed by atoms with Gasteiger partial charge in [-0.05, 0) is 31.6 Å². The summed E-state index contributed by atoms with van der Waals surface area (Å²) in [6.45, 7) is 4.37. The van der Waals surface area contributed by atoms with Crippen molar-refractivity contribution < 1.29 is 14.4 Å². The van der Waals surface area contributed by atoms with Gasteiger partial charge in [-0.2, -0.15) is 0 Å². The number of primary amides is 2. The Hall–Kier alpha value is -2.38. The van der Waals surface area contributed by atoms with Crippen LogP contribution in [-0.2, 0) is 20.8 Å². The lowest BCUT2D eigenvalue weighted by molar-refractivity contribution is -0.144. The quantitative estimate of drug-likeness (QED) is 0.592. The van der Waals surface area contributed by atoms with Crippen molar-refractivity contribution in [3.63, 3.8) is 0 Å². The van der Waals surface area contributed by atoms with E-state index >= 15 is 0 Å². The van der Waals surface area contributed by atoms with Gasteiger partial charge in [-0.3, -0.25) is 14.4 Å². The second-order valence-corrected chi connectivity index (χ2v) is 7.30. The monoisotopic (exact) mass is 349 g/mol. The van der Waals surface area contributed by atoms with Crippen molar-refractivity contribution in [1.82, 2.24) is 14.9 Å². The first kappa shape index (κ1) is 19.0. The highest BCUT2D eigenvalue weighted by atomic mass is 16.2. The standard InChI is InChI=1S/C17H27N5O3/c1-11(2)7-13(15(19)24)22-6-5-17(16(22)25,8-14(18)23)4-3-12-9-20-10-21-12/h9-11,13H,3-8H2,1-2H3,(H2,18,23)(H2,19,24)(H,20,21). The lowest BCUT2D eigenvalue weighted by atomic mass is 9.78. The van der Waals surface area contributed by atoms with Gasteiger partial charge in [0.1, 0.15) is 6.04 Å². The fourth-order valence-corrected chi connectivity index (χ4v) is 3.60. The molecule has 3 amide bonds. The number of nitrogens with zero attached hydrogens (tertiary/aromatic N) is 2. The molecule has 1 aromatic heterocycles. The van der Waals surface area contributed by atoms with Gasteiger partial charge in [-0.25, -0.2) is 4.98 Å². The van der Waals surface area contributed by atoms with Crippen molar-refractivity contribution in [2.75, 3.05) is 6.54 Å². The molecule has 8 nitrogen and oxygen atoms in total. The average molecular weight is 349 g/mol. The molecule has 25 heavy (non-hydrogen) atoms. The van der Waals surface area contributed by atoms with E-state index in [1.807, 2.05) is 13.8 Å². The minimum Gasteiger partial charge on any atom is -0.370 e. The van der Waals surface area contributed by atoms with Crippen molar-refractivity contribution in [1.29, 1.82) is 0 Å². The summed E-state index contributed by atoms with van der Waals surface area (Å²) in [5, 5.41) is 0. The van der Waals surface area contributed by atoms with Crippen molar-refractivity contribution in [3.05, 3.63) is 18.2 Å². The van der Waals surface area contributed by atoms with Gasteiger partial charge in [-0.15, -0.1) is 0 Å². The molecular formula is C17H27N5O3. The van der Waals surface area contributed by atoms with E-state index in [1.54, 1.807) is 12.5 Å². The maximum absolute atomic E-state index is 13.1. The molecule has 1 aromatic rings. The number of aryl methyl sites for hydroxylation is 1. The third-order valence-corrected chi connectivity index (χ3v) is 4.89. The fraction of sp³-hybridized carbons (Fsp3) is 0.647. The van der Waals surface area contributed by atoms with Crippen LogP contribution in [0.15, 0.2) is 12.5 Å². The molecular weight excluding hydrogens is 322 g/mol. The van der Waals surface area contributed by atoms with Gasteiger partial charge in [0.25, 0.3) is 0 Å². The summed E-state index contributed by atoms with van der Waals surface area (Å²) in [5.74, 6) is -0.999. The molecule has 0 radical (unpaired) electrons. The van der Waals surface area contributed by atoms with Gasteiger partial charge in [0.2, 0.25) is 17.7 Å². The summed E-state index contributed by atoms with van der Waals surface area (Å²) in [6, 6.07) is -0.644. The van der Waals surface area contributed by atoms with Crippen LogP contribution in [0.3, 0.4) is 0 Å². The minimum atomic E-state index is -0.873. The Morgan fingerprint density at radius 1 is 1.40 bits per heavy atom. The molecule has 0 aromatic carbocycles. The van der Waals surface area contributed by atoms with Gasteiger partial charge >= 0.3 is 0 Å². The van der Waals surface area contributed by atoms with Crippen LogP contribution in [0.5, 0.6) is 0 Å². The van der Waals surface area contributed by atoms with E-state index in [0.29, 0.717) is 32.2 Å². The number of nitrogens with two attached hydrogens (primary N) is 2. The third kappa shape index (κ3) is 4.37. The Balaban J connectivity index is 2.20. The summed E-state index contributed by atoms with van der Waals surface area (Å²) >= 11 is 0. The molecule has 0 spiro atoms. The van der Waals surface area contributed by atoms with Crippen molar-refractivity contribution in [2.24, 2.45) is 22.8 Å². The van der Waals surface area contributed by atoms with Crippen LogP contribution in [0.25, 0.3) is 0 Å². The zero-order chi connectivity index (χ0) is 18.6. The molecule has 8 heteroatoms. The highest BCUT2D eigenvalue weighted by molar-refractivity contribution is 5.93. The normalized spacial score (nSPS) is 21.7. The van der Waals surface area contributed by atoms with Crippen molar-refractivity contribution in [3.8, 4) is 0 Å². The summed E-state index contributed by atoms with van der Waals surface area (Å²) < 4.78 is 0. The molecule has 0 aliphatic carbocycles. The molecule has 2 rings (SSSR count). The van der Waals surface area contributed by atoms with Gasteiger partial charge in [0, 0.05) is 24.9 Å². The Kier molecular flexibility index (Phi) is 5.81. The number of aromatic amines is 1. The number of hydrogen-bond donors (Lipinski definition) is 3. The molecule has 2 unspecified atom stereocenters. The molecule has 5 N–H and O–H groups in total. The largest absolute Gasteiger partial charge is 0.370 e. The van der Waals surface area contributed by atoms with E-state index in [1.165, 1.54) is 4.90 Å². The van der Waals surface area contributed by atoms with E-state index in [4.69, 9.17) is 11.5 Å². The van der Waals surface area contributed by atoms with Crippen molar-refractivity contribution >= 4 is 17.7 Å². The Morgan fingerprint density at radius 2 is 2.12 bits per heavy atom. The highest BCUT2D eigenvalue weighted by Crippen LogP contribution is 2.41. The number of carbonyl (C=O) groups is 3. The first-order chi connectivity index (χ1) is 11.7. The zero-order valence-electron chi connectivity index (χ0n) is 14.8. The first-order valence-electron chi connectivity index (χ1n) is 8.61. The number of amides is 3. The SMILES string of the molecule is CC(C)CC(C(N)=O)N1CCC(CCc2cnc[nH]2)(CC(N)=O)C1=O. The van der Waals surface area contributed by atoms with Crippen LogP contribution >= 0.6 is 0 Å². The van der Waals surface area contributed by atoms with Crippen LogP contribution in [-0.4, -0.2) is 45.2 Å². The number of rotatable bonds is 9. The number of likely N-dealkylation sites (tertiary alicyclic amines) is 1.